The Labute approximate surface area is 114 Å². The summed E-state index contributed by atoms with van der Waals surface area (Å²) in [6, 6.07) is 4.08. The van der Waals surface area contributed by atoms with E-state index in [4.69, 9.17) is 23.2 Å². The molecule has 0 aliphatic carbocycles. The number of amides is 1. The van der Waals surface area contributed by atoms with E-state index in [1.165, 1.54) is 18.2 Å². The van der Waals surface area contributed by atoms with Gasteiger partial charge in [0.2, 0.25) is 0 Å². The maximum Gasteiger partial charge on any atom is 0.283 e. The molecule has 7 heteroatoms. The molecular formula is C11H12Cl2N2O3. The number of nitro groups is 1. The van der Waals surface area contributed by atoms with Gasteiger partial charge in [0.25, 0.3) is 11.6 Å². The molecule has 5 nitrogen and oxygen atoms in total. The lowest BCUT2D eigenvalue weighted by molar-refractivity contribution is -0.385. The third-order valence-corrected chi connectivity index (χ3v) is 3.18. The molecule has 1 N–H and O–H groups in total. The van der Waals surface area contributed by atoms with Crippen LogP contribution in [0.4, 0.5) is 5.69 Å². The highest BCUT2D eigenvalue weighted by atomic mass is 35.5. The summed E-state index contributed by atoms with van der Waals surface area (Å²) in [6.07, 6.45) is 0. The molecule has 0 fully saturated rings. The monoisotopic (exact) mass is 290 g/mol. The third kappa shape index (κ3) is 3.34. The Morgan fingerprint density at radius 3 is 2.61 bits per heavy atom. The number of hydrogen-bond acceptors (Lipinski definition) is 3. The first-order valence-electron chi connectivity index (χ1n) is 5.10. The van der Waals surface area contributed by atoms with Crippen molar-refractivity contribution in [3.63, 3.8) is 0 Å². The van der Waals surface area contributed by atoms with Crippen molar-refractivity contribution in [3.8, 4) is 0 Å². The fourth-order valence-corrected chi connectivity index (χ4v) is 1.62. The van der Waals surface area contributed by atoms with Crippen molar-refractivity contribution in [2.45, 2.75) is 19.4 Å². The first kappa shape index (κ1) is 14.7. The van der Waals surface area contributed by atoms with Crippen LogP contribution in [0.1, 0.15) is 24.2 Å². The van der Waals surface area contributed by atoms with Crippen LogP contribution in [-0.4, -0.2) is 22.2 Å². The van der Waals surface area contributed by atoms with E-state index in [-0.39, 0.29) is 22.2 Å². The Kier molecular flexibility index (Phi) is 4.53. The van der Waals surface area contributed by atoms with E-state index in [0.29, 0.717) is 0 Å². The number of nitro benzene ring substituents is 1. The lowest BCUT2D eigenvalue weighted by Crippen LogP contribution is -2.45. The molecule has 1 aromatic rings. The Bertz CT molecular complexity index is 489. The van der Waals surface area contributed by atoms with Gasteiger partial charge in [-0.2, -0.15) is 0 Å². The summed E-state index contributed by atoms with van der Waals surface area (Å²) in [7, 11) is 0. The number of halogens is 2. The molecule has 18 heavy (non-hydrogen) atoms. The molecule has 0 atom stereocenters. The summed E-state index contributed by atoms with van der Waals surface area (Å²) < 4.78 is 0. The fraction of sp³-hybridized carbons (Fsp3) is 0.364. The van der Waals surface area contributed by atoms with Gasteiger partial charge in [-0.05, 0) is 19.9 Å². The summed E-state index contributed by atoms with van der Waals surface area (Å²) in [5.41, 5.74) is -1.15. The van der Waals surface area contributed by atoms with Crippen LogP contribution in [0.5, 0.6) is 0 Å². The van der Waals surface area contributed by atoms with Gasteiger partial charge in [0, 0.05) is 17.5 Å². The Hall–Kier alpha value is -1.33. The average Bonchev–Trinajstić information content (AvgIpc) is 2.27. The molecule has 1 amide bonds. The minimum absolute atomic E-state index is 0.0343. The fourth-order valence-electron chi connectivity index (χ4n) is 1.29. The highest BCUT2D eigenvalue weighted by molar-refractivity contribution is 6.34. The molecule has 0 radical (unpaired) electrons. The maximum absolute atomic E-state index is 12.0. The van der Waals surface area contributed by atoms with Gasteiger partial charge in [0.1, 0.15) is 5.56 Å². The smallest absolute Gasteiger partial charge is 0.283 e. The highest BCUT2D eigenvalue weighted by Crippen LogP contribution is 2.26. The van der Waals surface area contributed by atoms with E-state index in [2.05, 4.69) is 5.32 Å². The number of rotatable bonds is 4. The second-order valence-corrected chi connectivity index (χ2v) is 5.04. The van der Waals surface area contributed by atoms with Crippen molar-refractivity contribution >= 4 is 34.8 Å². The summed E-state index contributed by atoms with van der Waals surface area (Å²) in [5.74, 6) is -0.435. The normalized spacial score (nSPS) is 11.1. The van der Waals surface area contributed by atoms with Crippen LogP contribution in [-0.2, 0) is 0 Å². The molecule has 0 saturated heterocycles. The lowest BCUT2D eigenvalue weighted by atomic mass is 10.1. The van der Waals surface area contributed by atoms with E-state index in [1.54, 1.807) is 13.8 Å². The summed E-state index contributed by atoms with van der Waals surface area (Å²) in [6.45, 7) is 3.42. The zero-order valence-corrected chi connectivity index (χ0v) is 11.4. The van der Waals surface area contributed by atoms with Crippen molar-refractivity contribution in [2.75, 3.05) is 5.88 Å². The van der Waals surface area contributed by atoms with Gasteiger partial charge in [-0.15, -0.1) is 11.6 Å². The number of benzene rings is 1. The Balaban J connectivity index is 3.17. The molecule has 0 spiro atoms. The molecule has 0 bridgehead atoms. The molecule has 0 aliphatic heterocycles. The SMILES string of the molecule is CC(C)(CCl)NC(=O)c1c(Cl)cccc1[N+](=O)[O-]. The molecule has 1 rings (SSSR count). The number of carbonyl (C=O) groups excluding carboxylic acids is 1. The van der Waals surface area contributed by atoms with E-state index >= 15 is 0 Å². The second-order valence-electron chi connectivity index (χ2n) is 4.36. The van der Waals surface area contributed by atoms with Crippen LogP contribution in [0.15, 0.2) is 18.2 Å². The van der Waals surface area contributed by atoms with Crippen LogP contribution >= 0.6 is 23.2 Å². The van der Waals surface area contributed by atoms with Gasteiger partial charge in [-0.3, -0.25) is 14.9 Å². The van der Waals surface area contributed by atoms with E-state index in [0.717, 1.165) is 0 Å². The topological polar surface area (TPSA) is 72.2 Å². The third-order valence-electron chi connectivity index (χ3n) is 2.20. The van der Waals surface area contributed by atoms with Gasteiger partial charge in [0.05, 0.1) is 9.95 Å². The number of carbonyl (C=O) groups is 1. The number of nitrogens with one attached hydrogen (secondary N) is 1. The predicted molar refractivity (Wildman–Crippen MR) is 70.4 cm³/mol. The molecular weight excluding hydrogens is 279 g/mol. The number of hydrogen-bond donors (Lipinski definition) is 1. The van der Waals surface area contributed by atoms with Crippen molar-refractivity contribution in [1.82, 2.24) is 5.32 Å². The first-order valence-corrected chi connectivity index (χ1v) is 6.01. The van der Waals surface area contributed by atoms with Crippen LogP contribution in [0.2, 0.25) is 5.02 Å². The average molecular weight is 291 g/mol. The van der Waals surface area contributed by atoms with Crippen molar-refractivity contribution < 1.29 is 9.72 Å². The van der Waals surface area contributed by atoms with Gasteiger partial charge < -0.3 is 5.32 Å². The largest absolute Gasteiger partial charge is 0.346 e. The van der Waals surface area contributed by atoms with Gasteiger partial charge >= 0.3 is 0 Å². The molecule has 98 valence electrons. The molecule has 0 heterocycles. The van der Waals surface area contributed by atoms with Crippen molar-refractivity contribution in [1.29, 1.82) is 0 Å². The van der Waals surface area contributed by atoms with E-state index in [1.807, 2.05) is 0 Å². The molecule has 0 aromatic heterocycles. The zero-order valence-electron chi connectivity index (χ0n) is 9.87. The lowest BCUT2D eigenvalue weighted by Gasteiger charge is -2.23. The molecule has 0 unspecified atom stereocenters. The minimum Gasteiger partial charge on any atom is -0.346 e. The van der Waals surface area contributed by atoms with Crippen molar-refractivity contribution in [3.05, 3.63) is 38.9 Å². The minimum atomic E-state index is -0.675. The van der Waals surface area contributed by atoms with Gasteiger partial charge in [-0.25, -0.2) is 0 Å². The van der Waals surface area contributed by atoms with E-state index in [9.17, 15) is 14.9 Å². The van der Waals surface area contributed by atoms with Crippen LogP contribution in [0.25, 0.3) is 0 Å². The van der Waals surface area contributed by atoms with Crippen LogP contribution in [0, 0.1) is 10.1 Å². The Morgan fingerprint density at radius 1 is 1.50 bits per heavy atom. The van der Waals surface area contributed by atoms with Crippen molar-refractivity contribution in [2.24, 2.45) is 0 Å². The zero-order chi connectivity index (χ0) is 13.9. The number of alkyl halides is 1. The summed E-state index contributed by atoms with van der Waals surface area (Å²) in [4.78, 5) is 22.2. The maximum atomic E-state index is 12.0. The van der Waals surface area contributed by atoms with Gasteiger partial charge in [-0.1, -0.05) is 17.7 Å². The van der Waals surface area contributed by atoms with Crippen LogP contribution in [0.3, 0.4) is 0 Å². The van der Waals surface area contributed by atoms with Crippen LogP contribution < -0.4 is 5.32 Å². The van der Waals surface area contributed by atoms with E-state index < -0.39 is 16.4 Å². The predicted octanol–water partition coefficient (Wildman–Crippen LogP) is 3.00. The standard InChI is InChI=1S/C11H12Cl2N2O3/c1-11(2,6-12)14-10(16)9-7(13)4-3-5-8(9)15(17)18/h3-5H,6H2,1-2H3,(H,14,16). The second kappa shape index (κ2) is 5.54. The highest BCUT2D eigenvalue weighted by Gasteiger charge is 2.27. The first-order chi connectivity index (χ1) is 8.28. The number of nitrogens with zero attached hydrogens (tertiary/aromatic N) is 1. The summed E-state index contributed by atoms with van der Waals surface area (Å²) in [5, 5.41) is 13.5. The Morgan fingerprint density at radius 2 is 2.11 bits per heavy atom. The molecule has 1 aromatic carbocycles. The molecule has 0 aliphatic rings. The quantitative estimate of drug-likeness (QED) is 0.526. The van der Waals surface area contributed by atoms with Gasteiger partial charge in [0.15, 0.2) is 0 Å². The summed E-state index contributed by atoms with van der Waals surface area (Å²) >= 11 is 11.5. The molecule has 0 saturated carbocycles.